The second-order valence-electron chi connectivity index (χ2n) is 6.22. The van der Waals surface area contributed by atoms with E-state index >= 15 is 0 Å². The lowest BCUT2D eigenvalue weighted by Crippen LogP contribution is -2.42. The van der Waals surface area contributed by atoms with Crippen molar-refractivity contribution in [1.82, 2.24) is 5.09 Å². The topological polar surface area (TPSA) is 69.6 Å². The maximum Gasteiger partial charge on any atom is 0.400 e. The average Bonchev–Trinajstić information content (AvgIpc) is 2.43. The van der Waals surface area contributed by atoms with Gasteiger partial charge in [0.1, 0.15) is 0 Å². The molecule has 0 aromatic heterocycles. The number of hydrogen-bond donors (Lipinski definition) is 3. The van der Waals surface area contributed by atoms with Gasteiger partial charge in [-0.3, -0.25) is 0 Å². The van der Waals surface area contributed by atoms with Gasteiger partial charge in [0, 0.05) is 5.54 Å². The zero-order chi connectivity index (χ0) is 16.2. The lowest BCUT2D eigenvalue weighted by molar-refractivity contribution is 0.269. The van der Waals surface area contributed by atoms with Crippen molar-refractivity contribution in [1.29, 1.82) is 0 Å². The molecule has 0 amide bonds. The van der Waals surface area contributed by atoms with E-state index in [1.807, 2.05) is 13.8 Å². The minimum absolute atomic E-state index is 0.403. The molecule has 21 heavy (non-hydrogen) atoms. The highest BCUT2D eigenvalue weighted by Crippen LogP contribution is 2.37. The fourth-order valence-corrected chi connectivity index (χ4v) is 3.95. The van der Waals surface area contributed by atoms with E-state index in [0.717, 1.165) is 25.7 Å². The van der Waals surface area contributed by atoms with Crippen LogP contribution >= 0.6 is 7.75 Å². The molecular weight excluding hydrogens is 285 g/mol. The zero-order valence-corrected chi connectivity index (χ0v) is 15.1. The summed E-state index contributed by atoms with van der Waals surface area (Å²) in [7, 11) is -4.15. The maximum absolute atomic E-state index is 11.2. The molecule has 0 fully saturated rings. The van der Waals surface area contributed by atoms with Gasteiger partial charge in [0.15, 0.2) is 0 Å². The first-order valence-electron chi connectivity index (χ1n) is 8.74. The first kappa shape index (κ1) is 21.1. The van der Waals surface area contributed by atoms with Gasteiger partial charge in [-0.25, -0.2) is 9.65 Å². The Kier molecular flexibility index (Phi) is 11.7. The van der Waals surface area contributed by atoms with Crippen LogP contribution in [0.25, 0.3) is 0 Å². The Bertz CT molecular complexity index is 287. The summed E-state index contributed by atoms with van der Waals surface area (Å²) in [6.07, 6.45) is 13.8. The van der Waals surface area contributed by atoms with Gasteiger partial charge in [-0.15, -0.1) is 0 Å². The molecular formula is C16H36NO3P. The van der Waals surface area contributed by atoms with E-state index < -0.39 is 13.3 Å². The molecule has 0 aliphatic rings. The lowest BCUT2D eigenvalue weighted by atomic mass is 9.88. The minimum Gasteiger partial charge on any atom is -0.313 e. The van der Waals surface area contributed by atoms with Gasteiger partial charge in [0.2, 0.25) is 0 Å². The van der Waals surface area contributed by atoms with Crippen LogP contribution in [-0.4, -0.2) is 15.3 Å². The van der Waals surface area contributed by atoms with Gasteiger partial charge in [-0.1, -0.05) is 78.6 Å². The first-order valence-corrected chi connectivity index (χ1v) is 10.4. The number of hydrogen-bond acceptors (Lipinski definition) is 1. The van der Waals surface area contributed by atoms with Gasteiger partial charge in [0.25, 0.3) is 0 Å². The molecule has 0 aliphatic carbocycles. The number of unbranched alkanes of at least 4 members (excludes halogenated alkanes) is 8. The molecule has 5 heteroatoms. The zero-order valence-electron chi connectivity index (χ0n) is 14.2. The second-order valence-corrected chi connectivity index (χ2v) is 7.53. The molecule has 128 valence electrons. The summed E-state index contributed by atoms with van der Waals surface area (Å²) in [5.74, 6) is 0. The van der Waals surface area contributed by atoms with Crippen molar-refractivity contribution < 1.29 is 14.4 Å². The Morgan fingerprint density at radius 3 is 1.62 bits per heavy atom. The van der Waals surface area contributed by atoms with Gasteiger partial charge in [0.05, 0.1) is 0 Å². The number of rotatable bonds is 14. The molecule has 0 rings (SSSR count). The highest BCUT2D eigenvalue weighted by Gasteiger charge is 2.32. The second kappa shape index (κ2) is 11.6. The Labute approximate surface area is 131 Å². The summed E-state index contributed by atoms with van der Waals surface area (Å²) in [5, 5.41) is 2.56. The number of nitrogens with one attached hydrogen (secondary N) is 1. The van der Waals surface area contributed by atoms with Crippen molar-refractivity contribution in [2.24, 2.45) is 0 Å². The Morgan fingerprint density at radius 2 is 1.24 bits per heavy atom. The molecule has 0 bridgehead atoms. The maximum atomic E-state index is 11.2. The molecule has 0 unspecified atom stereocenters. The van der Waals surface area contributed by atoms with Crippen LogP contribution in [0.1, 0.15) is 97.8 Å². The van der Waals surface area contributed by atoms with Crippen LogP contribution in [0.15, 0.2) is 0 Å². The third kappa shape index (κ3) is 11.3. The SMILES string of the molecule is CCCCCCCCCCCC(CC)(CC)NP(=O)(O)O. The predicted octanol–water partition coefficient (Wildman–Crippen LogP) is 5.15. The van der Waals surface area contributed by atoms with Crippen molar-refractivity contribution in [2.45, 2.75) is 103 Å². The molecule has 0 saturated carbocycles. The summed E-state index contributed by atoms with van der Waals surface area (Å²) >= 11 is 0. The quantitative estimate of drug-likeness (QED) is 0.306. The standard InChI is InChI=1S/C16H36NO3P/c1-4-7-8-9-10-11-12-13-14-15-16(5-2,6-3)17-21(18,19)20/h4-15H2,1-3H3,(H3,17,18,19,20). The molecule has 0 atom stereocenters. The first-order chi connectivity index (χ1) is 9.89. The third-order valence-electron chi connectivity index (χ3n) is 4.50. The van der Waals surface area contributed by atoms with E-state index in [1.165, 1.54) is 51.4 Å². The summed E-state index contributed by atoms with van der Waals surface area (Å²) in [6, 6.07) is 0. The summed E-state index contributed by atoms with van der Waals surface area (Å²) in [6.45, 7) is 6.24. The van der Waals surface area contributed by atoms with E-state index in [0.29, 0.717) is 0 Å². The third-order valence-corrected chi connectivity index (χ3v) is 5.26. The Hall–Kier alpha value is 0.110. The van der Waals surface area contributed by atoms with Crippen LogP contribution in [0.2, 0.25) is 0 Å². The van der Waals surface area contributed by atoms with Crippen molar-refractivity contribution in [2.75, 3.05) is 0 Å². The molecule has 0 aromatic rings. The van der Waals surface area contributed by atoms with Crippen molar-refractivity contribution in [3.05, 3.63) is 0 Å². The smallest absolute Gasteiger partial charge is 0.313 e. The minimum atomic E-state index is -4.15. The summed E-state index contributed by atoms with van der Waals surface area (Å²) < 4.78 is 11.2. The fraction of sp³-hybridized carbons (Fsp3) is 1.00. The van der Waals surface area contributed by atoms with E-state index in [1.54, 1.807) is 0 Å². The largest absolute Gasteiger partial charge is 0.400 e. The van der Waals surface area contributed by atoms with Crippen molar-refractivity contribution >= 4 is 7.75 Å². The van der Waals surface area contributed by atoms with Crippen LogP contribution < -0.4 is 5.09 Å². The Balaban J connectivity index is 3.82. The van der Waals surface area contributed by atoms with Gasteiger partial charge >= 0.3 is 7.75 Å². The van der Waals surface area contributed by atoms with Crippen LogP contribution in [0.3, 0.4) is 0 Å². The van der Waals surface area contributed by atoms with E-state index in [9.17, 15) is 4.57 Å². The van der Waals surface area contributed by atoms with Crippen LogP contribution in [0.4, 0.5) is 0 Å². The summed E-state index contributed by atoms with van der Waals surface area (Å²) in [5.41, 5.74) is -0.403. The van der Waals surface area contributed by atoms with E-state index in [-0.39, 0.29) is 0 Å². The van der Waals surface area contributed by atoms with E-state index in [4.69, 9.17) is 9.79 Å². The van der Waals surface area contributed by atoms with Gasteiger partial charge < -0.3 is 9.79 Å². The molecule has 0 radical (unpaired) electrons. The molecule has 0 spiro atoms. The van der Waals surface area contributed by atoms with Gasteiger partial charge in [-0.2, -0.15) is 0 Å². The van der Waals surface area contributed by atoms with Crippen LogP contribution in [0.5, 0.6) is 0 Å². The normalized spacial score (nSPS) is 12.8. The molecule has 4 nitrogen and oxygen atoms in total. The van der Waals surface area contributed by atoms with E-state index in [2.05, 4.69) is 12.0 Å². The lowest BCUT2D eigenvalue weighted by Gasteiger charge is -2.33. The molecule has 0 saturated heterocycles. The van der Waals surface area contributed by atoms with Crippen molar-refractivity contribution in [3.63, 3.8) is 0 Å². The molecule has 0 heterocycles. The van der Waals surface area contributed by atoms with Gasteiger partial charge in [-0.05, 0) is 19.3 Å². The highest BCUT2D eigenvalue weighted by molar-refractivity contribution is 7.49. The molecule has 3 N–H and O–H groups in total. The molecule has 0 aliphatic heterocycles. The highest BCUT2D eigenvalue weighted by atomic mass is 31.2. The van der Waals surface area contributed by atoms with Crippen LogP contribution in [-0.2, 0) is 4.57 Å². The fourth-order valence-electron chi connectivity index (χ4n) is 2.90. The monoisotopic (exact) mass is 321 g/mol. The average molecular weight is 321 g/mol. The summed E-state index contributed by atoms with van der Waals surface area (Å²) in [4.78, 5) is 18.3. The molecule has 0 aromatic carbocycles. The predicted molar refractivity (Wildman–Crippen MR) is 90.3 cm³/mol. The van der Waals surface area contributed by atoms with Crippen molar-refractivity contribution in [3.8, 4) is 0 Å². The van der Waals surface area contributed by atoms with Crippen LogP contribution in [0, 0.1) is 0 Å². The Morgan fingerprint density at radius 1 is 0.810 bits per heavy atom.